The topological polar surface area (TPSA) is 67.9 Å². The molecule has 1 fully saturated rings. The number of fused-ring (bicyclic) bond motifs is 1. The van der Waals surface area contributed by atoms with Gasteiger partial charge < -0.3 is 19.7 Å². The summed E-state index contributed by atoms with van der Waals surface area (Å²) in [4.78, 5) is 26.6. The Kier molecular flexibility index (Phi) is 4.88. The number of nitrogens with one attached hydrogen (secondary N) is 1. The molecule has 0 unspecified atom stereocenters. The van der Waals surface area contributed by atoms with E-state index < -0.39 is 5.41 Å². The number of rotatable bonds is 4. The van der Waals surface area contributed by atoms with E-state index in [0.717, 1.165) is 17.1 Å². The van der Waals surface area contributed by atoms with Crippen LogP contribution in [0.2, 0.25) is 0 Å². The number of nitrogens with zero attached hydrogens (tertiary/aromatic N) is 1. The maximum atomic E-state index is 12.7. The molecule has 0 radical (unpaired) electrons. The third-order valence-corrected chi connectivity index (χ3v) is 5.11. The van der Waals surface area contributed by atoms with Crippen LogP contribution in [0.1, 0.15) is 39.2 Å². The SMILES string of the molecule is CC(C)C(=O)N1CCC(C)(C(=O)NCc2ccc3c(c2)OCO3)CC1. The van der Waals surface area contributed by atoms with Gasteiger partial charge in [0.2, 0.25) is 18.6 Å². The normalized spacial score (nSPS) is 18.3. The van der Waals surface area contributed by atoms with Gasteiger partial charge >= 0.3 is 0 Å². The van der Waals surface area contributed by atoms with Crippen molar-refractivity contribution in [3.63, 3.8) is 0 Å². The fourth-order valence-electron chi connectivity index (χ4n) is 3.26. The van der Waals surface area contributed by atoms with Gasteiger partial charge in [-0.25, -0.2) is 0 Å². The van der Waals surface area contributed by atoms with Gasteiger partial charge in [-0.3, -0.25) is 9.59 Å². The number of carbonyl (C=O) groups excluding carboxylic acids is 2. The molecular formula is C19H26N2O4. The van der Waals surface area contributed by atoms with Gasteiger partial charge in [0.25, 0.3) is 0 Å². The van der Waals surface area contributed by atoms with Crippen molar-refractivity contribution in [2.45, 2.75) is 40.2 Å². The highest BCUT2D eigenvalue weighted by Gasteiger charge is 2.38. The molecule has 1 saturated heterocycles. The summed E-state index contributed by atoms with van der Waals surface area (Å²) in [6, 6.07) is 5.69. The Bertz CT molecular complexity index is 663. The minimum atomic E-state index is -0.426. The van der Waals surface area contributed by atoms with Gasteiger partial charge in [-0.15, -0.1) is 0 Å². The van der Waals surface area contributed by atoms with Crippen LogP contribution in [-0.4, -0.2) is 36.6 Å². The molecule has 0 aromatic heterocycles. The van der Waals surface area contributed by atoms with Crippen LogP contribution in [0.15, 0.2) is 18.2 Å². The lowest BCUT2D eigenvalue weighted by atomic mass is 9.79. The number of benzene rings is 1. The fraction of sp³-hybridized carbons (Fsp3) is 0.579. The van der Waals surface area contributed by atoms with Crippen molar-refractivity contribution in [1.29, 1.82) is 0 Å². The van der Waals surface area contributed by atoms with Gasteiger partial charge in [-0.1, -0.05) is 26.8 Å². The summed E-state index contributed by atoms with van der Waals surface area (Å²) < 4.78 is 10.7. The van der Waals surface area contributed by atoms with Gasteiger partial charge in [0.15, 0.2) is 11.5 Å². The molecule has 1 aromatic carbocycles. The number of ether oxygens (including phenoxy) is 2. The summed E-state index contributed by atoms with van der Waals surface area (Å²) >= 11 is 0. The Morgan fingerprint density at radius 2 is 1.88 bits per heavy atom. The molecular weight excluding hydrogens is 320 g/mol. The van der Waals surface area contributed by atoms with E-state index in [1.165, 1.54) is 0 Å². The van der Waals surface area contributed by atoms with E-state index in [4.69, 9.17) is 9.47 Å². The summed E-state index contributed by atoms with van der Waals surface area (Å²) in [6.07, 6.45) is 1.39. The van der Waals surface area contributed by atoms with Crippen LogP contribution < -0.4 is 14.8 Å². The van der Waals surface area contributed by atoms with Gasteiger partial charge in [0, 0.05) is 31.0 Å². The van der Waals surface area contributed by atoms with Crippen molar-refractivity contribution in [1.82, 2.24) is 10.2 Å². The van der Waals surface area contributed by atoms with Crippen molar-refractivity contribution in [3.05, 3.63) is 23.8 Å². The lowest BCUT2D eigenvalue weighted by Gasteiger charge is -2.38. The Balaban J connectivity index is 1.54. The third kappa shape index (κ3) is 3.72. The molecule has 1 aromatic rings. The van der Waals surface area contributed by atoms with Crippen LogP contribution >= 0.6 is 0 Å². The Labute approximate surface area is 148 Å². The lowest BCUT2D eigenvalue weighted by molar-refractivity contribution is -0.141. The summed E-state index contributed by atoms with van der Waals surface area (Å²) in [5, 5.41) is 3.03. The first-order valence-electron chi connectivity index (χ1n) is 8.85. The average molecular weight is 346 g/mol. The molecule has 0 spiro atoms. The van der Waals surface area contributed by atoms with Gasteiger partial charge in [0.1, 0.15) is 0 Å². The largest absolute Gasteiger partial charge is 0.454 e. The fourth-order valence-corrected chi connectivity index (χ4v) is 3.26. The first-order chi connectivity index (χ1) is 11.9. The predicted molar refractivity (Wildman–Crippen MR) is 93.2 cm³/mol. The molecule has 2 amide bonds. The monoisotopic (exact) mass is 346 g/mol. The molecule has 6 nitrogen and oxygen atoms in total. The second-order valence-electron chi connectivity index (χ2n) is 7.41. The summed E-state index contributed by atoms with van der Waals surface area (Å²) in [6.45, 7) is 7.80. The first kappa shape index (κ1) is 17.6. The Hall–Kier alpha value is -2.24. The van der Waals surface area contributed by atoms with Crippen molar-refractivity contribution >= 4 is 11.8 Å². The van der Waals surface area contributed by atoms with Gasteiger partial charge in [-0.2, -0.15) is 0 Å². The van der Waals surface area contributed by atoms with Crippen LogP contribution in [0.3, 0.4) is 0 Å². The van der Waals surface area contributed by atoms with E-state index >= 15 is 0 Å². The molecule has 2 heterocycles. The second-order valence-corrected chi connectivity index (χ2v) is 7.41. The number of piperidine rings is 1. The summed E-state index contributed by atoms with van der Waals surface area (Å²) in [7, 11) is 0. The maximum absolute atomic E-state index is 12.7. The number of amides is 2. The lowest BCUT2D eigenvalue weighted by Crippen LogP contribution is -2.49. The quantitative estimate of drug-likeness (QED) is 0.908. The zero-order valence-electron chi connectivity index (χ0n) is 15.1. The van der Waals surface area contributed by atoms with Crippen LogP contribution in [-0.2, 0) is 16.1 Å². The minimum Gasteiger partial charge on any atom is -0.454 e. The van der Waals surface area contributed by atoms with E-state index in [1.807, 2.05) is 43.9 Å². The zero-order chi connectivity index (χ0) is 18.0. The number of carbonyl (C=O) groups is 2. The maximum Gasteiger partial charge on any atom is 0.231 e. The first-order valence-corrected chi connectivity index (χ1v) is 8.85. The van der Waals surface area contributed by atoms with Crippen molar-refractivity contribution in [2.24, 2.45) is 11.3 Å². The molecule has 136 valence electrons. The van der Waals surface area contributed by atoms with Gasteiger partial charge in [-0.05, 0) is 30.5 Å². The van der Waals surface area contributed by atoms with E-state index in [0.29, 0.717) is 32.5 Å². The van der Waals surface area contributed by atoms with Crippen molar-refractivity contribution in [2.75, 3.05) is 19.9 Å². The molecule has 2 aliphatic heterocycles. The van der Waals surface area contributed by atoms with Crippen molar-refractivity contribution in [3.8, 4) is 11.5 Å². The molecule has 0 aliphatic carbocycles. The van der Waals surface area contributed by atoms with Crippen molar-refractivity contribution < 1.29 is 19.1 Å². The van der Waals surface area contributed by atoms with Crippen LogP contribution in [0.5, 0.6) is 11.5 Å². The smallest absolute Gasteiger partial charge is 0.231 e. The Morgan fingerprint density at radius 3 is 2.56 bits per heavy atom. The molecule has 0 bridgehead atoms. The molecule has 1 N–H and O–H groups in total. The van der Waals surface area contributed by atoms with E-state index in [2.05, 4.69) is 5.32 Å². The van der Waals surface area contributed by atoms with E-state index in [-0.39, 0.29) is 24.5 Å². The minimum absolute atomic E-state index is 0.00388. The standard InChI is InChI=1S/C19H26N2O4/c1-13(2)17(22)21-8-6-19(3,7-9-21)18(23)20-11-14-4-5-15-16(10-14)25-12-24-15/h4-5,10,13H,6-9,11-12H2,1-3H3,(H,20,23). The Morgan fingerprint density at radius 1 is 1.20 bits per heavy atom. The predicted octanol–water partition coefficient (Wildman–Crippen LogP) is 2.32. The highest BCUT2D eigenvalue weighted by atomic mass is 16.7. The number of hydrogen-bond donors (Lipinski definition) is 1. The summed E-state index contributed by atoms with van der Waals surface area (Å²) in [5.74, 6) is 1.68. The van der Waals surface area contributed by atoms with Crippen LogP contribution in [0, 0.1) is 11.3 Å². The third-order valence-electron chi connectivity index (χ3n) is 5.11. The molecule has 6 heteroatoms. The number of hydrogen-bond acceptors (Lipinski definition) is 4. The van der Waals surface area contributed by atoms with Crippen LogP contribution in [0.25, 0.3) is 0 Å². The molecule has 0 saturated carbocycles. The second kappa shape index (κ2) is 6.94. The van der Waals surface area contributed by atoms with Crippen LogP contribution in [0.4, 0.5) is 0 Å². The molecule has 3 rings (SSSR count). The highest BCUT2D eigenvalue weighted by Crippen LogP contribution is 2.33. The van der Waals surface area contributed by atoms with E-state index in [9.17, 15) is 9.59 Å². The molecule has 2 aliphatic rings. The molecule has 0 atom stereocenters. The van der Waals surface area contributed by atoms with Gasteiger partial charge in [0.05, 0.1) is 0 Å². The highest BCUT2D eigenvalue weighted by molar-refractivity contribution is 5.83. The number of likely N-dealkylation sites (tertiary alicyclic amines) is 1. The average Bonchev–Trinajstić information content (AvgIpc) is 3.07. The zero-order valence-corrected chi connectivity index (χ0v) is 15.1. The van der Waals surface area contributed by atoms with E-state index in [1.54, 1.807) is 0 Å². The molecule has 25 heavy (non-hydrogen) atoms. The summed E-state index contributed by atoms with van der Waals surface area (Å²) in [5.41, 5.74) is 0.554.